The molecule has 0 bridgehead atoms. The average molecular weight is 358 g/mol. The van der Waals surface area contributed by atoms with Gasteiger partial charge in [0.05, 0.1) is 12.0 Å². The van der Waals surface area contributed by atoms with E-state index in [-0.39, 0.29) is 12.3 Å². The van der Waals surface area contributed by atoms with Gasteiger partial charge in [-0.25, -0.2) is 0 Å². The molecule has 1 aromatic carbocycles. The number of carbonyl (C=O) groups is 2. The molecule has 1 amide bonds. The Kier molecular flexibility index (Phi) is 6.20. The van der Waals surface area contributed by atoms with E-state index in [1.165, 1.54) is 4.90 Å². The van der Waals surface area contributed by atoms with Crippen LogP contribution in [0.15, 0.2) is 28.7 Å². The molecule has 116 valence electrons. The van der Waals surface area contributed by atoms with Crippen molar-refractivity contribution in [1.82, 2.24) is 4.90 Å². The normalized spacial score (nSPS) is 11.0. The first-order chi connectivity index (χ1) is 9.72. The molecule has 1 N–H and O–H groups in total. The maximum atomic E-state index is 12.0. The number of ether oxygens (including phenoxy) is 1. The number of carboxylic acids is 1. The van der Waals surface area contributed by atoms with E-state index >= 15 is 0 Å². The summed E-state index contributed by atoms with van der Waals surface area (Å²) in [6.07, 6.45) is -0.0306. The van der Waals surface area contributed by atoms with Crippen LogP contribution >= 0.6 is 15.9 Å². The topological polar surface area (TPSA) is 66.8 Å². The van der Waals surface area contributed by atoms with Crippen LogP contribution in [0.4, 0.5) is 0 Å². The first-order valence-electron chi connectivity index (χ1n) is 6.58. The van der Waals surface area contributed by atoms with Gasteiger partial charge in [0.25, 0.3) is 0 Å². The Morgan fingerprint density at radius 1 is 1.29 bits per heavy atom. The van der Waals surface area contributed by atoms with Gasteiger partial charge in [0.15, 0.2) is 0 Å². The Hall–Kier alpha value is -1.56. The highest BCUT2D eigenvalue weighted by atomic mass is 79.9. The van der Waals surface area contributed by atoms with Gasteiger partial charge in [-0.2, -0.15) is 0 Å². The van der Waals surface area contributed by atoms with Gasteiger partial charge in [-0.1, -0.05) is 15.9 Å². The number of rotatable bonds is 7. The number of likely N-dealkylation sites (N-methyl/N-ethyl adjacent to an activating group) is 1. The van der Waals surface area contributed by atoms with Crippen molar-refractivity contribution in [3.05, 3.63) is 28.7 Å². The van der Waals surface area contributed by atoms with Crippen molar-refractivity contribution in [3.63, 3.8) is 0 Å². The molecule has 0 fully saturated rings. The van der Waals surface area contributed by atoms with Gasteiger partial charge in [-0.15, -0.1) is 0 Å². The van der Waals surface area contributed by atoms with Gasteiger partial charge < -0.3 is 14.7 Å². The Balaban J connectivity index is 2.39. The number of hydrogen-bond acceptors (Lipinski definition) is 3. The second-order valence-electron chi connectivity index (χ2n) is 5.48. The first-order valence-corrected chi connectivity index (χ1v) is 7.37. The van der Waals surface area contributed by atoms with E-state index in [0.29, 0.717) is 13.2 Å². The molecule has 0 saturated heterocycles. The smallest absolute Gasteiger partial charge is 0.309 e. The quantitative estimate of drug-likeness (QED) is 0.814. The lowest BCUT2D eigenvalue weighted by atomic mass is 9.89. The first kappa shape index (κ1) is 17.5. The minimum Gasteiger partial charge on any atom is -0.492 e. The number of nitrogens with zero attached hydrogens (tertiary/aromatic N) is 1. The summed E-state index contributed by atoms with van der Waals surface area (Å²) in [6.45, 7) is 3.85. The van der Waals surface area contributed by atoms with Crippen LogP contribution in [-0.2, 0) is 9.59 Å². The Morgan fingerprint density at radius 3 is 2.38 bits per heavy atom. The fraction of sp³-hybridized carbons (Fsp3) is 0.467. The summed E-state index contributed by atoms with van der Waals surface area (Å²) >= 11 is 3.34. The van der Waals surface area contributed by atoms with Gasteiger partial charge in [-0.05, 0) is 38.1 Å². The molecular weight excluding hydrogens is 338 g/mol. The number of benzene rings is 1. The van der Waals surface area contributed by atoms with Crippen molar-refractivity contribution in [2.45, 2.75) is 20.3 Å². The second-order valence-corrected chi connectivity index (χ2v) is 6.40. The third-order valence-electron chi connectivity index (χ3n) is 3.11. The third kappa shape index (κ3) is 5.75. The van der Waals surface area contributed by atoms with E-state index in [1.54, 1.807) is 20.9 Å². The third-order valence-corrected chi connectivity index (χ3v) is 3.64. The van der Waals surface area contributed by atoms with Crippen molar-refractivity contribution in [2.24, 2.45) is 5.41 Å². The van der Waals surface area contributed by atoms with Crippen LogP contribution in [0.1, 0.15) is 20.3 Å². The largest absolute Gasteiger partial charge is 0.492 e. The summed E-state index contributed by atoms with van der Waals surface area (Å²) in [7, 11) is 1.64. The molecule has 0 atom stereocenters. The zero-order chi connectivity index (χ0) is 16.0. The summed E-state index contributed by atoms with van der Waals surface area (Å²) in [4.78, 5) is 24.4. The van der Waals surface area contributed by atoms with E-state index in [4.69, 9.17) is 9.84 Å². The Labute approximate surface area is 133 Å². The van der Waals surface area contributed by atoms with Crippen molar-refractivity contribution in [2.75, 3.05) is 20.2 Å². The molecule has 0 unspecified atom stereocenters. The lowest BCUT2D eigenvalue weighted by molar-refractivity contribution is -0.151. The lowest BCUT2D eigenvalue weighted by Crippen LogP contribution is -2.36. The average Bonchev–Trinajstić information content (AvgIpc) is 2.40. The molecule has 0 spiro atoms. The number of carboxylic acid groups (broad SMARTS) is 1. The summed E-state index contributed by atoms with van der Waals surface area (Å²) in [5.41, 5.74) is -1.06. The number of aliphatic carboxylic acids is 1. The predicted octanol–water partition coefficient (Wildman–Crippen LogP) is 2.79. The van der Waals surface area contributed by atoms with Crippen molar-refractivity contribution in [3.8, 4) is 5.75 Å². The van der Waals surface area contributed by atoms with Gasteiger partial charge >= 0.3 is 5.97 Å². The highest BCUT2D eigenvalue weighted by Gasteiger charge is 2.31. The molecule has 0 aliphatic heterocycles. The molecular formula is C15H20BrNO4. The maximum Gasteiger partial charge on any atom is 0.309 e. The summed E-state index contributed by atoms with van der Waals surface area (Å²) < 4.78 is 6.50. The van der Waals surface area contributed by atoms with Crippen LogP contribution in [0.2, 0.25) is 0 Å². The molecule has 21 heavy (non-hydrogen) atoms. The van der Waals surface area contributed by atoms with E-state index in [2.05, 4.69) is 15.9 Å². The van der Waals surface area contributed by atoms with Gasteiger partial charge in [0.1, 0.15) is 12.4 Å². The molecule has 5 nitrogen and oxygen atoms in total. The summed E-state index contributed by atoms with van der Waals surface area (Å²) in [5, 5.41) is 9.02. The molecule has 0 radical (unpaired) electrons. The molecule has 6 heteroatoms. The van der Waals surface area contributed by atoms with E-state index in [0.717, 1.165) is 10.2 Å². The van der Waals surface area contributed by atoms with Crippen LogP contribution in [-0.4, -0.2) is 42.1 Å². The monoisotopic (exact) mass is 357 g/mol. The van der Waals surface area contributed by atoms with Crippen LogP contribution in [0.3, 0.4) is 0 Å². The zero-order valence-corrected chi connectivity index (χ0v) is 14.0. The second kappa shape index (κ2) is 7.45. The zero-order valence-electron chi connectivity index (χ0n) is 12.4. The van der Waals surface area contributed by atoms with Crippen LogP contribution in [0.25, 0.3) is 0 Å². The van der Waals surface area contributed by atoms with Gasteiger partial charge in [-0.3, -0.25) is 9.59 Å². The van der Waals surface area contributed by atoms with Crippen LogP contribution in [0.5, 0.6) is 5.75 Å². The van der Waals surface area contributed by atoms with E-state index in [9.17, 15) is 9.59 Å². The minimum atomic E-state index is -1.06. The van der Waals surface area contributed by atoms with Gasteiger partial charge in [0.2, 0.25) is 5.91 Å². The highest BCUT2D eigenvalue weighted by Crippen LogP contribution is 2.21. The van der Waals surface area contributed by atoms with Gasteiger partial charge in [0, 0.05) is 17.9 Å². The summed E-state index contributed by atoms with van der Waals surface area (Å²) in [5.74, 6) is -0.456. The molecule has 0 aromatic heterocycles. The fourth-order valence-electron chi connectivity index (χ4n) is 1.54. The van der Waals surface area contributed by atoms with E-state index in [1.807, 2.05) is 24.3 Å². The van der Waals surface area contributed by atoms with Crippen LogP contribution < -0.4 is 4.74 Å². The Morgan fingerprint density at radius 2 is 1.86 bits per heavy atom. The highest BCUT2D eigenvalue weighted by molar-refractivity contribution is 9.10. The number of hydrogen-bond donors (Lipinski definition) is 1. The summed E-state index contributed by atoms with van der Waals surface area (Å²) in [6, 6.07) is 7.41. The standard InChI is InChI=1S/C15H20BrNO4/c1-15(2,14(19)20)10-13(18)17(3)8-9-21-12-6-4-11(16)5-7-12/h4-7H,8-10H2,1-3H3,(H,19,20). The Bertz CT molecular complexity index is 499. The van der Waals surface area contributed by atoms with Crippen molar-refractivity contribution < 1.29 is 19.4 Å². The number of carbonyl (C=O) groups excluding carboxylic acids is 1. The number of amides is 1. The molecule has 0 saturated carbocycles. The van der Waals surface area contributed by atoms with Crippen LogP contribution in [0, 0.1) is 5.41 Å². The predicted molar refractivity (Wildman–Crippen MR) is 83.3 cm³/mol. The molecule has 0 heterocycles. The van der Waals surface area contributed by atoms with E-state index < -0.39 is 11.4 Å². The molecule has 1 rings (SSSR count). The molecule has 0 aliphatic carbocycles. The van der Waals surface area contributed by atoms with Crippen molar-refractivity contribution >= 4 is 27.8 Å². The van der Waals surface area contributed by atoms with Crippen molar-refractivity contribution in [1.29, 1.82) is 0 Å². The fourth-order valence-corrected chi connectivity index (χ4v) is 1.81. The SMILES string of the molecule is CN(CCOc1ccc(Br)cc1)C(=O)CC(C)(C)C(=O)O. The molecule has 0 aliphatic rings. The maximum absolute atomic E-state index is 12.0. The lowest BCUT2D eigenvalue weighted by Gasteiger charge is -2.23. The number of halogens is 1. The minimum absolute atomic E-state index is 0.0306. The molecule has 1 aromatic rings.